The second kappa shape index (κ2) is 9.18. The molecule has 1 aliphatic heterocycles. The molecule has 0 spiro atoms. The third-order valence-corrected chi connectivity index (χ3v) is 4.69. The Morgan fingerprint density at radius 2 is 1.66 bits per heavy atom. The zero-order chi connectivity index (χ0) is 20.8. The van der Waals surface area contributed by atoms with Crippen LogP contribution in [0.5, 0.6) is 0 Å². The lowest BCUT2D eigenvalue weighted by Crippen LogP contribution is -2.49. The Morgan fingerprint density at radius 3 is 2.21 bits per heavy atom. The van der Waals surface area contributed by atoms with E-state index in [0.29, 0.717) is 49.6 Å². The van der Waals surface area contributed by atoms with Gasteiger partial charge in [-0.25, -0.2) is 9.78 Å². The molecule has 0 radical (unpaired) electrons. The van der Waals surface area contributed by atoms with E-state index in [-0.39, 0.29) is 17.8 Å². The number of carbonyl (C=O) groups excluding carboxylic acids is 3. The number of hydrogen-bond donors (Lipinski definition) is 1. The molecular weight excluding hydrogens is 372 g/mol. The van der Waals surface area contributed by atoms with Crippen molar-refractivity contribution >= 4 is 29.3 Å². The maximum atomic E-state index is 12.4. The Balaban J connectivity index is 1.56. The molecule has 8 nitrogen and oxygen atoms in total. The van der Waals surface area contributed by atoms with Crippen molar-refractivity contribution in [2.75, 3.05) is 43.0 Å². The van der Waals surface area contributed by atoms with E-state index >= 15 is 0 Å². The van der Waals surface area contributed by atoms with E-state index in [1.807, 2.05) is 0 Å². The Morgan fingerprint density at radius 1 is 1.00 bits per heavy atom. The van der Waals surface area contributed by atoms with Gasteiger partial charge in [-0.3, -0.25) is 9.59 Å². The van der Waals surface area contributed by atoms with Crippen LogP contribution in [0.3, 0.4) is 0 Å². The smallest absolute Gasteiger partial charge is 0.409 e. The van der Waals surface area contributed by atoms with Gasteiger partial charge in [-0.1, -0.05) is 0 Å². The fourth-order valence-corrected chi connectivity index (χ4v) is 3.03. The molecule has 1 aliphatic rings. The van der Waals surface area contributed by atoms with Gasteiger partial charge in [0, 0.05) is 43.6 Å². The van der Waals surface area contributed by atoms with Crippen LogP contribution in [0.4, 0.5) is 16.3 Å². The molecule has 0 bridgehead atoms. The quantitative estimate of drug-likeness (QED) is 0.782. The number of ketones is 1. The van der Waals surface area contributed by atoms with Crippen LogP contribution in [0.2, 0.25) is 0 Å². The van der Waals surface area contributed by atoms with Crippen LogP contribution in [-0.4, -0.2) is 60.5 Å². The summed E-state index contributed by atoms with van der Waals surface area (Å²) in [6, 6.07) is 10.3. The molecule has 8 heteroatoms. The molecule has 29 heavy (non-hydrogen) atoms. The predicted molar refractivity (Wildman–Crippen MR) is 109 cm³/mol. The number of pyridine rings is 1. The maximum absolute atomic E-state index is 12.4. The average Bonchev–Trinajstić information content (AvgIpc) is 2.74. The normalized spacial score (nSPS) is 13.7. The molecule has 1 saturated heterocycles. The number of Topliss-reactive ketones (excluding diaryl/α,β-unsaturated/α-hetero) is 1. The highest BCUT2D eigenvalue weighted by Gasteiger charge is 2.22. The highest BCUT2D eigenvalue weighted by atomic mass is 16.6. The molecule has 1 aromatic carbocycles. The Labute approximate surface area is 169 Å². The number of rotatable bonds is 5. The van der Waals surface area contributed by atoms with Crippen LogP contribution >= 0.6 is 0 Å². The molecule has 2 aromatic rings. The number of nitrogens with one attached hydrogen (secondary N) is 1. The SMILES string of the molecule is CCOC(=O)N1CCN(c2ccc(C(=O)Nc3ccc(C(C)=O)cc3)cn2)CC1. The van der Waals surface area contributed by atoms with E-state index < -0.39 is 0 Å². The maximum Gasteiger partial charge on any atom is 0.409 e. The number of amides is 2. The van der Waals surface area contributed by atoms with E-state index in [2.05, 4.69) is 15.2 Å². The van der Waals surface area contributed by atoms with E-state index in [1.165, 1.54) is 13.1 Å². The molecule has 0 unspecified atom stereocenters. The molecular formula is C21H24N4O4. The van der Waals surface area contributed by atoms with Gasteiger partial charge in [0.1, 0.15) is 5.82 Å². The molecule has 0 aliphatic carbocycles. The largest absolute Gasteiger partial charge is 0.450 e. The second-order valence-electron chi connectivity index (χ2n) is 6.67. The van der Waals surface area contributed by atoms with Crippen molar-refractivity contribution in [1.29, 1.82) is 0 Å². The third-order valence-electron chi connectivity index (χ3n) is 4.69. The van der Waals surface area contributed by atoms with Gasteiger partial charge in [0.05, 0.1) is 12.2 Å². The Hall–Kier alpha value is -3.42. The molecule has 2 amide bonds. The zero-order valence-corrected chi connectivity index (χ0v) is 16.6. The molecule has 1 N–H and O–H groups in total. The van der Waals surface area contributed by atoms with Crippen molar-refractivity contribution in [1.82, 2.24) is 9.88 Å². The first-order valence-electron chi connectivity index (χ1n) is 9.53. The minimum atomic E-state index is -0.288. The lowest BCUT2D eigenvalue weighted by atomic mass is 10.1. The first-order chi connectivity index (χ1) is 14.0. The average molecular weight is 396 g/mol. The van der Waals surface area contributed by atoms with Crippen molar-refractivity contribution < 1.29 is 19.1 Å². The van der Waals surface area contributed by atoms with E-state index in [1.54, 1.807) is 48.2 Å². The number of ether oxygens (including phenoxy) is 1. The van der Waals surface area contributed by atoms with E-state index in [9.17, 15) is 14.4 Å². The van der Waals surface area contributed by atoms with Crippen molar-refractivity contribution in [3.8, 4) is 0 Å². The van der Waals surface area contributed by atoms with Crippen LogP contribution in [-0.2, 0) is 4.74 Å². The van der Waals surface area contributed by atoms with E-state index in [4.69, 9.17) is 4.74 Å². The molecule has 0 atom stereocenters. The molecule has 2 heterocycles. The number of piperazine rings is 1. The minimum Gasteiger partial charge on any atom is -0.450 e. The Kier molecular flexibility index (Phi) is 6.43. The summed E-state index contributed by atoms with van der Waals surface area (Å²) in [4.78, 5) is 43.6. The number of anilines is 2. The lowest BCUT2D eigenvalue weighted by molar-refractivity contribution is 0.101. The first-order valence-corrected chi connectivity index (χ1v) is 9.53. The summed E-state index contributed by atoms with van der Waals surface area (Å²) in [5.41, 5.74) is 1.64. The molecule has 3 rings (SSSR count). The fourth-order valence-electron chi connectivity index (χ4n) is 3.03. The van der Waals surface area contributed by atoms with Gasteiger partial charge < -0.3 is 19.9 Å². The van der Waals surface area contributed by atoms with Gasteiger partial charge in [-0.2, -0.15) is 0 Å². The summed E-state index contributed by atoms with van der Waals surface area (Å²) in [6.07, 6.45) is 1.25. The van der Waals surface area contributed by atoms with Gasteiger partial charge in [-0.15, -0.1) is 0 Å². The van der Waals surface area contributed by atoms with Crippen LogP contribution < -0.4 is 10.2 Å². The van der Waals surface area contributed by atoms with Gasteiger partial charge in [0.25, 0.3) is 5.91 Å². The molecule has 0 saturated carbocycles. The lowest BCUT2D eigenvalue weighted by Gasteiger charge is -2.34. The molecule has 1 aromatic heterocycles. The second-order valence-corrected chi connectivity index (χ2v) is 6.67. The molecule has 152 valence electrons. The number of hydrogen-bond acceptors (Lipinski definition) is 6. The summed E-state index contributed by atoms with van der Waals surface area (Å²) < 4.78 is 5.02. The fraction of sp³-hybridized carbons (Fsp3) is 0.333. The summed E-state index contributed by atoms with van der Waals surface area (Å²) >= 11 is 0. The summed E-state index contributed by atoms with van der Waals surface area (Å²) in [5.74, 6) is 0.466. The predicted octanol–water partition coefficient (Wildman–Crippen LogP) is 2.82. The van der Waals surface area contributed by atoms with Crippen LogP contribution in [0.15, 0.2) is 42.6 Å². The van der Waals surface area contributed by atoms with E-state index in [0.717, 1.165) is 5.82 Å². The highest BCUT2D eigenvalue weighted by Crippen LogP contribution is 2.16. The van der Waals surface area contributed by atoms with Crippen molar-refractivity contribution in [3.05, 3.63) is 53.7 Å². The van der Waals surface area contributed by atoms with Gasteiger partial charge in [0.15, 0.2) is 5.78 Å². The Bertz CT molecular complexity index is 873. The van der Waals surface area contributed by atoms with Gasteiger partial charge in [0.2, 0.25) is 0 Å². The van der Waals surface area contributed by atoms with Crippen LogP contribution in [0.1, 0.15) is 34.6 Å². The summed E-state index contributed by atoms with van der Waals surface area (Å²) in [6.45, 7) is 6.09. The summed E-state index contributed by atoms with van der Waals surface area (Å²) in [7, 11) is 0. The number of carbonyl (C=O) groups is 3. The monoisotopic (exact) mass is 396 g/mol. The number of nitrogens with zero attached hydrogens (tertiary/aromatic N) is 3. The minimum absolute atomic E-state index is 0.0224. The van der Waals surface area contributed by atoms with Crippen LogP contribution in [0, 0.1) is 0 Å². The highest BCUT2D eigenvalue weighted by molar-refractivity contribution is 6.04. The number of benzene rings is 1. The topological polar surface area (TPSA) is 91.8 Å². The van der Waals surface area contributed by atoms with Crippen molar-refractivity contribution in [2.45, 2.75) is 13.8 Å². The zero-order valence-electron chi connectivity index (χ0n) is 16.6. The van der Waals surface area contributed by atoms with Crippen LogP contribution in [0.25, 0.3) is 0 Å². The number of aromatic nitrogens is 1. The first kappa shape index (κ1) is 20.3. The summed E-state index contributed by atoms with van der Waals surface area (Å²) in [5, 5.41) is 2.79. The standard InChI is InChI=1S/C21H24N4O4/c1-3-29-21(28)25-12-10-24(11-13-25)19-9-6-17(14-22-19)20(27)23-18-7-4-16(5-8-18)15(2)26/h4-9,14H,3,10-13H2,1-2H3,(H,23,27). The van der Waals surface area contributed by atoms with Gasteiger partial charge >= 0.3 is 6.09 Å². The van der Waals surface area contributed by atoms with Gasteiger partial charge in [-0.05, 0) is 50.2 Å². The molecule has 1 fully saturated rings. The van der Waals surface area contributed by atoms with Crippen molar-refractivity contribution in [3.63, 3.8) is 0 Å². The van der Waals surface area contributed by atoms with Crippen molar-refractivity contribution in [2.24, 2.45) is 0 Å². The third kappa shape index (κ3) is 5.10.